The number of carbonyl (C=O) groups excluding carboxylic acids is 3. The van der Waals surface area contributed by atoms with Gasteiger partial charge in [0.15, 0.2) is 0 Å². The quantitative estimate of drug-likeness (QED) is 0.780. The predicted octanol–water partition coefficient (Wildman–Crippen LogP) is 2.55. The summed E-state index contributed by atoms with van der Waals surface area (Å²) < 4.78 is 0. The Labute approximate surface area is 152 Å². The molecular weight excluding hydrogens is 328 g/mol. The zero-order chi connectivity index (χ0) is 18.1. The number of anilines is 1. The van der Waals surface area contributed by atoms with Gasteiger partial charge in [0.25, 0.3) is 5.91 Å². The first-order chi connectivity index (χ1) is 12.6. The Bertz CT molecular complexity index is 831. The highest BCUT2D eigenvalue weighted by atomic mass is 16.2. The number of hydrogen-bond acceptors (Lipinski definition) is 3. The Hall–Kier alpha value is -2.95. The van der Waals surface area contributed by atoms with Crippen LogP contribution in [-0.2, 0) is 20.8 Å². The molecule has 2 aliphatic rings. The van der Waals surface area contributed by atoms with Crippen LogP contribution in [0.2, 0.25) is 0 Å². The molecule has 0 spiro atoms. The van der Waals surface area contributed by atoms with Gasteiger partial charge in [-0.15, -0.1) is 0 Å². The van der Waals surface area contributed by atoms with Crippen LogP contribution in [-0.4, -0.2) is 34.7 Å². The van der Waals surface area contributed by atoms with Gasteiger partial charge in [0.2, 0.25) is 11.8 Å². The second kappa shape index (κ2) is 6.75. The normalized spacial score (nSPS) is 19.7. The van der Waals surface area contributed by atoms with E-state index in [0.29, 0.717) is 5.69 Å². The fourth-order valence-corrected chi connectivity index (χ4v) is 3.53. The lowest BCUT2D eigenvalue weighted by Gasteiger charge is -2.27. The van der Waals surface area contributed by atoms with E-state index in [-0.39, 0.29) is 36.6 Å². The van der Waals surface area contributed by atoms with Crippen LogP contribution in [0.1, 0.15) is 24.8 Å². The molecule has 1 aliphatic heterocycles. The Balaban J connectivity index is 1.57. The molecule has 132 valence electrons. The number of imide groups is 1. The average molecular weight is 348 g/mol. The Morgan fingerprint density at radius 1 is 0.962 bits per heavy atom. The van der Waals surface area contributed by atoms with Crippen LogP contribution in [0, 0.1) is 0 Å². The second-order valence-electron chi connectivity index (χ2n) is 6.82. The first kappa shape index (κ1) is 16.5. The van der Waals surface area contributed by atoms with Crippen molar-refractivity contribution in [3.05, 3.63) is 66.2 Å². The van der Waals surface area contributed by atoms with Crippen molar-refractivity contribution < 1.29 is 14.4 Å². The lowest BCUT2D eigenvalue weighted by Crippen LogP contribution is -2.47. The van der Waals surface area contributed by atoms with Crippen LogP contribution in [0.5, 0.6) is 0 Å². The maximum atomic E-state index is 13.0. The van der Waals surface area contributed by atoms with E-state index in [1.807, 2.05) is 36.4 Å². The molecule has 1 unspecified atom stereocenters. The van der Waals surface area contributed by atoms with Crippen LogP contribution in [0.4, 0.5) is 5.69 Å². The summed E-state index contributed by atoms with van der Waals surface area (Å²) in [5, 5.41) is 0. The molecule has 5 heteroatoms. The summed E-state index contributed by atoms with van der Waals surface area (Å²) in [6, 6.07) is 17.8. The van der Waals surface area contributed by atoms with Gasteiger partial charge in [-0.05, 0) is 30.5 Å². The van der Waals surface area contributed by atoms with Gasteiger partial charge < -0.3 is 4.90 Å². The van der Waals surface area contributed by atoms with Gasteiger partial charge in [0, 0.05) is 6.04 Å². The number of hydrogen-bond donors (Lipinski definition) is 0. The smallest absolute Gasteiger partial charge is 0.257 e. The molecule has 2 fully saturated rings. The minimum absolute atomic E-state index is 0.0603. The molecule has 1 saturated heterocycles. The Morgan fingerprint density at radius 3 is 2.19 bits per heavy atom. The summed E-state index contributed by atoms with van der Waals surface area (Å²) in [6.45, 7) is 0. The molecule has 5 nitrogen and oxygen atoms in total. The zero-order valence-electron chi connectivity index (χ0n) is 14.4. The van der Waals surface area contributed by atoms with Gasteiger partial charge in [-0.3, -0.25) is 14.4 Å². The minimum Gasteiger partial charge on any atom is -0.327 e. The highest BCUT2D eigenvalue weighted by molar-refractivity contribution is 6.23. The number of nitrogens with zero attached hydrogens (tertiary/aromatic N) is 2. The molecule has 4 rings (SSSR count). The highest BCUT2D eigenvalue weighted by Crippen LogP contribution is 2.34. The van der Waals surface area contributed by atoms with Crippen molar-refractivity contribution in [1.82, 2.24) is 4.90 Å². The fraction of sp³-hybridized carbons (Fsp3) is 0.286. The molecule has 1 heterocycles. The van der Waals surface area contributed by atoms with Crippen molar-refractivity contribution in [2.75, 3.05) is 4.90 Å². The van der Waals surface area contributed by atoms with Gasteiger partial charge in [-0.1, -0.05) is 48.5 Å². The molecule has 0 N–H and O–H groups in total. The third-order valence-electron chi connectivity index (χ3n) is 4.90. The number of carbonyl (C=O) groups is 3. The predicted molar refractivity (Wildman–Crippen MR) is 97.4 cm³/mol. The largest absolute Gasteiger partial charge is 0.327 e. The molecule has 3 amide bonds. The number of amides is 3. The first-order valence-corrected chi connectivity index (χ1v) is 8.92. The third-order valence-corrected chi connectivity index (χ3v) is 4.90. The van der Waals surface area contributed by atoms with E-state index in [2.05, 4.69) is 0 Å². The van der Waals surface area contributed by atoms with Crippen LogP contribution < -0.4 is 4.90 Å². The van der Waals surface area contributed by atoms with Crippen molar-refractivity contribution in [2.24, 2.45) is 0 Å². The van der Waals surface area contributed by atoms with Crippen molar-refractivity contribution in [3.63, 3.8) is 0 Å². The van der Waals surface area contributed by atoms with E-state index in [0.717, 1.165) is 18.4 Å². The standard InChI is InChI=1S/C21H20N2O3/c24-19(13-15-7-3-1-4-8-15)22(17-11-12-17)18-14-20(25)23(21(18)26)16-9-5-2-6-10-16/h1-10,17-18H,11-14H2. The number of rotatable bonds is 5. The van der Waals surface area contributed by atoms with Gasteiger partial charge in [-0.25, -0.2) is 4.90 Å². The number of para-hydroxylation sites is 1. The van der Waals surface area contributed by atoms with E-state index >= 15 is 0 Å². The molecule has 2 aromatic carbocycles. The van der Waals surface area contributed by atoms with Crippen LogP contribution >= 0.6 is 0 Å². The molecule has 0 radical (unpaired) electrons. The number of benzene rings is 2. The van der Waals surface area contributed by atoms with Gasteiger partial charge in [-0.2, -0.15) is 0 Å². The van der Waals surface area contributed by atoms with Gasteiger partial charge in [0.1, 0.15) is 6.04 Å². The summed E-state index contributed by atoms with van der Waals surface area (Å²) in [5.74, 6) is -0.626. The van der Waals surface area contributed by atoms with Crippen molar-refractivity contribution in [3.8, 4) is 0 Å². The SMILES string of the molecule is O=C1CC(N(C(=O)Cc2ccccc2)C2CC2)C(=O)N1c1ccccc1. The van der Waals surface area contributed by atoms with Crippen LogP contribution in [0.15, 0.2) is 60.7 Å². The molecule has 1 saturated carbocycles. The van der Waals surface area contributed by atoms with Crippen molar-refractivity contribution >= 4 is 23.4 Å². The topological polar surface area (TPSA) is 57.7 Å². The summed E-state index contributed by atoms with van der Waals surface area (Å²) in [5.41, 5.74) is 1.48. The van der Waals surface area contributed by atoms with Crippen LogP contribution in [0.25, 0.3) is 0 Å². The lowest BCUT2D eigenvalue weighted by atomic mass is 10.1. The lowest BCUT2D eigenvalue weighted by molar-refractivity contribution is -0.138. The maximum absolute atomic E-state index is 13.0. The van der Waals surface area contributed by atoms with Gasteiger partial charge >= 0.3 is 0 Å². The molecular formula is C21H20N2O3. The monoisotopic (exact) mass is 348 g/mol. The van der Waals surface area contributed by atoms with E-state index in [9.17, 15) is 14.4 Å². The van der Waals surface area contributed by atoms with E-state index < -0.39 is 6.04 Å². The van der Waals surface area contributed by atoms with Crippen LogP contribution in [0.3, 0.4) is 0 Å². The van der Waals surface area contributed by atoms with Crippen molar-refractivity contribution in [2.45, 2.75) is 37.8 Å². The molecule has 1 atom stereocenters. The summed E-state index contributed by atoms with van der Waals surface area (Å²) in [6.07, 6.45) is 2.10. The van der Waals surface area contributed by atoms with Crippen molar-refractivity contribution in [1.29, 1.82) is 0 Å². The second-order valence-corrected chi connectivity index (χ2v) is 6.82. The Kier molecular flexibility index (Phi) is 4.29. The first-order valence-electron chi connectivity index (χ1n) is 8.92. The summed E-state index contributed by atoms with van der Waals surface area (Å²) >= 11 is 0. The van der Waals surface area contributed by atoms with E-state index in [1.54, 1.807) is 29.2 Å². The average Bonchev–Trinajstić information content (AvgIpc) is 3.43. The minimum atomic E-state index is -0.689. The molecule has 1 aliphatic carbocycles. The van der Waals surface area contributed by atoms with E-state index in [4.69, 9.17) is 0 Å². The fourth-order valence-electron chi connectivity index (χ4n) is 3.53. The summed E-state index contributed by atoms with van der Waals surface area (Å²) in [4.78, 5) is 41.3. The molecule has 26 heavy (non-hydrogen) atoms. The maximum Gasteiger partial charge on any atom is 0.257 e. The third kappa shape index (κ3) is 3.12. The molecule has 0 bridgehead atoms. The molecule has 2 aromatic rings. The summed E-state index contributed by atoms with van der Waals surface area (Å²) in [7, 11) is 0. The van der Waals surface area contributed by atoms with E-state index in [1.165, 1.54) is 4.90 Å². The molecule has 0 aromatic heterocycles. The highest BCUT2D eigenvalue weighted by Gasteiger charge is 2.48. The zero-order valence-corrected chi connectivity index (χ0v) is 14.4. The van der Waals surface area contributed by atoms with Gasteiger partial charge in [0.05, 0.1) is 18.5 Å². The Morgan fingerprint density at radius 2 is 1.58 bits per heavy atom.